The van der Waals surface area contributed by atoms with Gasteiger partial charge in [0, 0.05) is 17.6 Å². The van der Waals surface area contributed by atoms with E-state index < -0.39 is 0 Å². The van der Waals surface area contributed by atoms with E-state index in [4.69, 9.17) is 10.5 Å². The van der Waals surface area contributed by atoms with Crippen LogP contribution in [0.25, 0.3) is 10.8 Å². The molecule has 0 aliphatic carbocycles. The molecule has 0 radical (unpaired) electrons. The molecule has 0 unspecified atom stereocenters. The first-order valence-corrected chi connectivity index (χ1v) is 6.59. The molecule has 2 aromatic carbocycles. The van der Waals surface area contributed by atoms with Gasteiger partial charge in [0.15, 0.2) is 0 Å². The summed E-state index contributed by atoms with van der Waals surface area (Å²) in [5.41, 5.74) is 7.88. The van der Waals surface area contributed by atoms with Gasteiger partial charge in [0.2, 0.25) is 0 Å². The maximum absolute atomic E-state index is 5.94. The van der Waals surface area contributed by atoms with Crippen molar-refractivity contribution in [2.45, 2.75) is 13.5 Å². The van der Waals surface area contributed by atoms with E-state index in [1.807, 2.05) is 49.4 Å². The van der Waals surface area contributed by atoms with Crippen molar-refractivity contribution in [3.05, 3.63) is 66.0 Å². The molecule has 20 heavy (non-hydrogen) atoms. The zero-order valence-corrected chi connectivity index (χ0v) is 11.3. The Morgan fingerprint density at radius 3 is 2.50 bits per heavy atom. The first kappa shape index (κ1) is 12.6. The van der Waals surface area contributed by atoms with Gasteiger partial charge in [-0.2, -0.15) is 0 Å². The van der Waals surface area contributed by atoms with Gasteiger partial charge in [-0.15, -0.1) is 0 Å². The third-order valence-corrected chi connectivity index (χ3v) is 3.31. The lowest BCUT2D eigenvalue weighted by Gasteiger charge is -2.11. The van der Waals surface area contributed by atoms with Crippen LogP contribution in [0.15, 0.2) is 54.7 Å². The number of hydrogen-bond donors (Lipinski definition) is 1. The average molecular weight is 264 g/mol. The van der Waals surface area contributed by atoms with Crippen molar-refractivity contribution in [3.8, 4) is 11.5 Å². The molecule has 3 aromatic rings. The van der Waals surface area contributed by atoms with Crippen molar-refractivity contribution >= 4 is 10.8 Å². The lowest BCUT2D eigenvalue weighted by molar-refractivity contribution is 0.485. The average Bonchev–Trinajstić information content (AvgIpc) is 2.50. The highest BCUT2D eigenvalue weighted by Crippen LogP contribution is 2.31. The summed E-state index contributed by atoms with van der Waals surface area (Å²) in [6.45, 7) is 2.47. The topological polar surface area (TPSA) is 48.1 Å². The Bertz CT molecular complexity index is 736. The number of rotatable bonds is 3. The van der Waals surface area contributed by atoms with Gasteiger partial charge in [-0.05, 0) is 36.1 Å². The summed E-state index contributed by atoms with van der Waals surface area (Å²) in [5, 5.41) is 2.20. The summed E-state index contributed by atoms with van der Waals surface area (Å²) in [7, 11) is 0. The maximum atomic E-state index is 5.94. The predicted molar refractivity (Wildman–Crippen MR) is 80.9 cm³/mol. The number of pyridine rings is 1. The number of benzene rings is 2. The Morgan fingerprint density at radius 1 is 1.00 bits per heavy atom. The Hall–Kier alpha value is -2.39. The van der Waals surface area contributed by atoms with Crippen molar-refractivity contribution in [1.29, 1.82) is 0 Å². The Balaban J connectivity index is 2.06. The van der Waals surface area contributed by atoms with Crippen LogP contribution in [0.1, 0.15) is 11.3 Å². The molecule has 0 saturated heterocycles. The smallest absolute Gasteiger partial charge is 0.145 e. The fourth-order valence-electron chi connectivity index (χ4n) is 2.24. The lowest BCUT2D eigenvalue weighted by atomic mass is 10.0. The minimum absolute atomic E-state index is 0.521. The van der Waals surface area contributed by atoms with E-state index in [0.29, 0.717) is 6.54 Å². The van der Waals surface area contributed by atoms with E-state index in [1.54, 1.807) is 6.20 Å². The van der Waals surface area contributed by atoms with E-state index in [-0.39, 0.29) is 0 Å². The minimum Gasteiger partial charge on any atom is -0.455 e. The number of nitrogens with two attached hydrogens (primary N) is 1. The largest absolute Gasteiger partial charge is 0.455 e. The van der Waals surface area contributed by atoms with Gasteiger partial charge in [-0.25, -0.2) is 0 Å². The SMILES string of the molecule is Cc1ccc(Oc2ccc(CN)c3ccccc23)cn1. The van der Waals surface area contributed by atoms with Crippen LogP contribution in [-0.4, -0.2) is 4.98 Å². The molecule has 3 heteroatoms. The number of fused-ring (bicyclic) bond motifs is 1. The second-order valence-electron chi connectivity index (χ2n) is 4.71. The van der Waals surface area contributed by atoms with Gasteiger partial charge in [0.25, 0.3) is 0 Å². The van der Waals surface area contributed by atoms with E-state index in [9.17, 15) is 0 Å². The van der Waals surface area contributed by atoms with Crippen molar-refractivity contribution in [1.82, 2.24) is 4.98 Å². The number of nitrogens with zero attached hydrogens (tertiary/aromatic N) is 1. The molecule has 3 nitrogen and oxygen atoms in total. The molecule has 0 amide bonds. The van der Waals surface area contributed by atoms with Gasteiger partial charge >= 0.3 is 0 Å². The van der Waals surface area contributed by atoms with Crippen LogP contribution < -0.4 is 10.5 Å². The maximum Gasteiger partial charge on any atom is 0.145 e. The van der Waals surface area contributed by atoms with Gasteiger partial charge in [0.05, 0.1) is 6.20 Å². The van der Waals surface area contributed by atoms with E-state index >= 15 is 0 Å². The van der Waals surface area contributed by atoms with Crippen LogP contribution in [0.2, 0.25) is 0 Å². The van der Waals surface area contributed by atoms with Crippen molar-refractivity contribution in [3.63, 3.8) is 0 Å². The zero-order valence-electron chi connectivity index (χ0n) is 11.3. The van der Waals surface area contributed by atoms with Gasteiger partial charge in [-0.3, -0.25) is 4.98 Å². The van der Waals surface area contributed by atoms with Gasteiger partial charge in [0.1, 0.15) is 11.5 Å². The van der Waals surface area contributed by atoms with Crippen molar-refractivity contribution in [2.24, 2.45) is 5.73 Å². The molecular formula is C17H16N2O. The summed E-state index contributed by atoms with van der Waals surface area (Å²) < 4.78 is 5.94. The highest BCUT2D eigenvalue weighted by molar-refractivity contribution is 5.91. The third-order valence-electron chi connectivity index (χ3n) is 3.31. The standard InChI is InChI=1S/C17H16N2O/c1-12-6-8-14(11-19-12)20-17-9-7-13(10-18)15-4-2-3-5-16(15)17/h2-9,11H,10,18H2,1H3. The molecule has 0 aliphatic heterocycles. The number of hydrogen-bond acceptors (Lipinski definition) is 3. The summed E-state index contributed by atoms with van der Waals surface area (Å²) in [6.07, 6.45) is 1.74. The molecule has 1 heterocycles. The quantitative estimate of drug-likeness (QED) is 0.782. The molecular weight excluding hydrogens is 248 g/mol. The fourth-order valence-corrected chi connectivity index (χ4v) is 2.24. The lowest BCUT2D eigenvalue weighted by Crippen LogP contribution is -1.98. The summed E-state index contributed by atoms with van der Waals surface area (Å²) in [4.78, 5) is 4.24. The molecule has 1 aromatic heterocycles. The normalized spacial score (nSPS) is 10.7. The van der Waals surface area contributed by atoms with Crippen LogP contribution in [-0.2, 0) is 6.54 Å². The number of ether oxygens (including phenoxy) is 1. The number of aromatic nitrogens is 1. The Morgan fingerprint density at radius 2 is 1.80 bits per heavy atom. The molecule has 100 valence electrons. The predicted octanol–water partition coefficient (Wildman–Crippen LogP) is 3.79. The molecule has 0 spiro atoms. The van der Waals surface area contributed by atoms with Gasteiger partial charge < -0.3 is 10.5 Å². The minimum atomic E-state index is 0.521. The first-order chi connectivity index (χ1) is 9.78. The molecule has 0 bridgehead atoms. The van der Waals surface area contributed by atoms with Crippen LogP contribution in [0, 0.1) is 6.92 Å². The molecule has 0 fully saturated rings. The summed E-state index contributed by atoms with van der Waals surface area (Å²) in [6, 6.07) is 16.0. The molecule has 0 atom stereocenters. The van der Waals surface area contributed by atoms with E-state index in [1.165, 1.54) is 0 Å². The number of aryl methyl sites for hydroxylation is 1. The molecule has 3 rings (SSSR count). The van der Waals surface area contributed by atoms with E-state index in [2.05, 4.69) is 11.1 Å². The Kier molecular flexibility index (Phi) is 3.35. The second-order valence-corrected chi connectivity index (χ2v) is 4.71. The Labute approximate surface area is 118 Å². The van der Waals surface area contributed by atoms with Crippen LogP contribution in [0.3, 0.4) is 0 Å². The molecule has 2 N–H and O–H groups in total. The summed E-state index contributed by atoms with van der Waals surface area (Å²) >= 11 is 0. The second kappa shape index (κ2) is 5.31. The highest BCUT2D eigenvalue weighted by atomic mass is 16.5. The van der Waals surface area contributed by atoms with Crippen LogP contribution in [0.4, 0.5) is 0 Å². The van der Waals surface area contributed by atoms with Crippen LogP contribution in [0.5, 0.6) is 11.5 Å². The third kappa shape index (κ3) is 2.36. The first-order valence-electron chi connectivity index (χ1n) is 6.59. The van der Waals surface area contributed by atoms with Crippen LogP contribution >= 0.6 is 0 Å². The van der Waals surface area contributed by atoms with Crippen molar-refractivity contribution < 1.29 is 4.74 Å². The monoisotopic (exact) mass is 264 g/mol. The van der Waals surface area contributed by atoms with E-state index in [0.717, 1.165) is 33.5 Å². The fraction of sp³-hybridized carbons (Fsp3) is 0.118. The molecule has 0 aliphatic rings. The molecule has 0 saturated carbocycles. The highest BCUT2D eigenvalue weighted by Gasteiger charge is 2.06. The zero-order chi connectivity index (χ0) is 13.9. The summed E-state index contributed by atoms with van der Waals surface area (Å²) in [5.74, 6) is 1.56. The van der Waals surface area contributed by atoms with Crippen molar-refractivity contribution in [2.75, 3.05) is 0 Å². The van der Waals surface area contributed by atoms with Gasteiger partial charge in [-0.1, -0.05) is 30.3 Å².